The highest BCUT2D eigenvalue weighted by molar-refractivity contribution is 5.27. The van der Waals surface area contributed by atoms with Crippen molar-refractivity contribution in [3.63, 3.8) is 0 Å². The summed E-state index contributed by atoms with van der Waals surface area (Å²) in [5.41, 5.74) is 2.94. The molecule has 2 rings (SSSR count). The number of hydrogen-bond donors (Lipinski definition) is 0. The van der Waals surface area contributed by atoms with Crippen LogP contribution in [0.5, 0.6) is 0 Å². The summed E-state index contributed by atoms with van der Waals surface area (Å²) in [7, 11) is 2.04. The van der Waals surface area contributed by atoms with Crippen molar-refractivity contribution in [2.75, 3.05) is 0 Å². The van der Waals surface area contributed by atoms with Gasteiger partial charge in [-0.1, -0.05) is 13.8 Å². The van der Waals surface area contributed by atoms with Crippen molar-refractivity contribution in [1.29, 1.82) is 0 Å². The summed E-state index contributed by atoms with van der Waals surface area (Å²) in [6.07, 6.45) is 1.31. The van der Waals surface area contributed by atoms with E-state index in [2.05, 4.69) is 31.9 Å². The quantitative estimate of drug-likeness (QED) is 0.621. The molecule has 2 unspecified atom stereocenters. The van der Waals surface area contributed by atoms with E-state index in [9.17, 15) is 0 Å². The average Bonchev–Trinajstić information content (AvgIpc) is 2.37. The summed E-state index contributed by atoms with van der Waals surface area (Å²) in [5.74, 6) is 0.826. The minimum Gasteiger partial charge on any atom is -0.272 e. The van der Waals surface area contributed by atoms with E-state index < -0.39 is 0 Å². The summed E-state index contributed by atoms with van der Waals surface area (Å²) in [4.78, 5) is 0. The Bertz CT molecular complexity index is 314. The zero-order valence-corrected chi connectivity index (χ0v) is 8.26. The van der Waals surface area contributed by atoms with Crippen LogP contribution in [0, 0.1) is 12.8 Å². The van der Waals surface area contributed by atoms with Crippen LogP contribution in [-0.4, -0.2) is 9.78 Å². The Morgan fingerprint density at radius 1 is 1.67 bits per heavy atom. The van der Waals surface area contributed by atoms with Crippen LogP contribution in [0.2, 0.25) is 0 Å². The third-order valence-corrected chi connectivity index (χ3v) is 3.24. The number of rotatable bonds is 1. The molecule has 0 bridgehead atoms. The summed E-state index contributed by atoms with van der Waals surface area (Å²) in [6, 6.07) is 2.21. The highest BCUT2D eigenvalue weighted by atomic mass is 15.3. The van der Waals surface area contributed by atoms with E-state index in [0.29, 0.717) is 5.41 Å². The first-order valence-electron chi connectivity index (χ1n) is 4.55. The van der Waals surface area contributed by atoms with E-state index in [4.69, 9.17) is 0 Å². The Labute approximate surface area is 73.6 Å². The van der Waals surface area contributed by atoms with Gasteiger partial charge >= 0.3 is 0 Å². The van der Waals surface area contributed by atoms with Crippen LogP contribution < -0.4 is 0 Å². The SMILES string of the molecule is Cc1cc(C2(C)CC2C)n(C)n1. The second kappa shape index (κ2) is 2.12. The van der Waals surface area contributed by atoms with Crippen molar-refractivity contribution in [1.82, 2.24) is 9.78 Å². The summed E-state index contributed by atoms with van der Waals surface area (Å²) in [5, 5.41) is 4.37. The molecule has 1 heterocycles. The van der Waals surface area contributed by atoms with Gasteiger partial charge in [0, 0.05) is 18.2 Å². The second-order valence-electron chi connectivity index (χ2n) is 4.32. The molecule has 1 aromatic heterocycles. The Kier molecular flexibility index (Phi) is 1.39. The van der Waals surface area contributed by atoms with Crippen LogP contribution in [0.15, 0.2) is 6.07 Å². The van der Waals surface area contributed by atoms with Crippen LogP contribution in [0.4, 0.5) is 0 Å². The van der Waals surface area contributed by atoms with E-state index >= 15 is 0 Å². The van der Waals surface area contributed by atoms with Crippen LogP contribution in [0.3, 0.4) is 0 Å². The maximum atomic E-state index is 4.37. The minimum atomic E-state index is 0.413. The highest BCUT2D eigenvalue weighted by Crippen LogP contribution is 2.53. The van der Waals surface area contributed by atoms with Crippen molar-refractivity contribution in [3.8, 4) is 0 Å². The fraction of sp³-hybridized carbons (Fsp3) is 0.700. The fourth-order valence-electron chi connectivity index (χ4n) is 2.08. The Morgan fingerprint density at radius 2 is 2.25 bits per heavy atom. The maximum Gasteiger partial charge on any atom is 0.0596 e. The molecule has 0 aromatic carbocycles. The lowest BCUT2D eigenvalue weighted by atomic mass is 10.0. The van der Waals surface area contributed by atoms with Gasteiger partial charge in [-0.25, -0.2) is 0 Å². The zero-order chi connectivity index (χ0) is 8.93. The first-order chi connectivity index (χ1) is 5.54. The van der Waals surface area contributed by atoms with Gasteiger partial charge in [-0.15, -0.1) is 0 Å². The fourth-order valence-corrected chi connectivity index (χ4v) is 2.08. The van der Waals surface area contributed by atoms with Gasteiger partial charge in [-0.3, -0.25) is 4.68 Å². The van der Waals surface area contributed by atoms with Crippen molar-refractivity contribution in [2.45, 2.75) is 32.6 Å². The molecule has 2 nitrogen and oxygen atoms in total. The van der Waals surface area contributed by atoms with E-state index in [0.717, 1.165) is 11.6 Å². The first kappa shape index (κ1) is 7.84. The van der Waals surface area contributed by atoms with Gasteiger partial charge in [0.05, 0.1) is 5.69 Å². The van der Waals surface area contributed by atoms with Gasteiger partial charge < -0.3 is 0 Å². The molecular formula is C10H16N2. The van der Waals surface area contributed by atoms with E-state index in [1.165, 1.54) is 12.1 Å². The molecular weight excluding hydrogens is 148 g/mol. The first-order valence-corrected chi connectivity index (χ1v) is 4.55. The lowest BCUT2D eigenvalue weighted by Crippen LogP contribution is -2.09. The molecule has 66 valence electrons. The van der Waals surface area contributed by atoms with Gasteiger partial charge in [-0.2, -0.15) is 5.10 Å². The molecule has 1 aromatic rings. The van der Waals surface area contributed by atoms with Gasteiger partial charge in [-0.05, 0) is 25.3 Å². The monoisotopic (exact) mass is 164 g/mol. The van der Waals surface area contributed by atoms with Crippen molar-refractivity contribution in [2.24, 2.45) is 13.0 Å². The van der Waals surface area contributed by atoms with Crippen molar-refractivity contribution >= 4 is 0 Å². The van der Waals surface area contributed by atoms with Gasteiger partial charge in [0.2, 0.25) is 0 Å². The smallest absolute Gasteiger partial charge is 0.0596 e. The van der Waals surface area contributed by atoms with Crippen LogP contribution in [0.25, 0.3) is 0 Å². The van der Waals surface area contributed by atoms with E-state index in [1.54, 1.807) is 0 Å². The third-order valence-electron chi connectivity index (χ3n) is 3.24. The molecule has 0 N–H and O–H groups in total. The summed E-state index contributed by atoms with van der Waals surface area (Å²) in [6.45, 7) is 6.69. The number of aromatic nitrogens is 2. The summed E-state index contributed by atoms with van der Waals surface area (Å²) >= 11 is 0. The molecule has 0 aliphatic heterocycles. The molecule has 1 aliphatic rings. The van der Waals surface area contributed by atoms with E-state index in [-0.39, 0.29) is 0 Å². The molecule has 2 heteroatoms. The third kappa shape index (κ3) is 0.904. The topological polar surface area (TPSA) is 17.8 Å². The van der Waals surface area contributed by atoms with Crippen molar-refractivity contribution in [3.05, 3.63) is 17.5 Å². The average molecular weight is 164 g/mol. The Morgan fingerprint density at radius 3 is 2.58 bits per heavy atom. The van der Waals surface area contributed by atoms with Crippen LogP contribution in [-0.2, 0) is 12.5 Å². The largest absolute Gasteiger partial charge is 0.272 e. The van der Waals surface area contributed by atoms with Gasteiger partial charge in [0.25, 0.3) is 0 Å². The second-order valence-corrected chi connectivity index (χ2v) is 4.32. The Hall–Kier alpha value is -0.790. The van der Waals surface area contributed by atoms with Crippen LogP contribution >= 0.6 is 0 Å². The predicted molar refractivity (Wildman–Crippen MR) is 49.1 cm³/mol. The Balaban J connectivity index is 2.41. The molecule has 0 radical (unpaired) electrons. The normalized spacial score (nSPS) is 33.8. The molecule has 1 saturated carbocycles. The van der Waals surface area contributed by atoms with Gasteiger partial charge in [0.1, 0.15) is 0 Å². The number of aryl methyl sites for hydroxylation is 2. The molecule has 0 saturated heterocycles. The maximum absolute atomic E-state index is 4.37. The van der Waals surface area contributed by atoms with E-state index in [1.807, 2.05) is 11.7 Å². The number of hydrogen-bond acceptors (Lipinski definition) is 1. The lowest BCUT2D eigenvalue weighted by Gasteiger charge is -2.09. The zero-order valence-electron chi connectivity index (χ0n) is 8.26. The standard InChI is InChI=1S/C10H16N2/c1-7-6-10(7,3)9-5-8(2)11-12(9)4/h5,7H,6H2,1-4H3. The number of nitrogens with zero attached hydrogens (tertiary/aromatic N) is 2. The molecule has 0 spiro atoms. The minimum absolute atomic E-state index is 0.413. The lowest BCUT2D eigenvalue weighted by molar-refractivity contribution is 0.600. The summed E-state index contributed by atoms with van der Waals surface area (Å²) < 4.78 is 2.03. The van der Waals surface area contributed by atoms with Gasteiger partial charge in [0.15, 0.2) is 0 Å². The molecule has 1 aliphatic carbocycles. The molecule has 0 amide bonds. The predicted octanol–water partition coefficient (Wildman–Crippen LogP) is 2.03. The highest BCUT2D eigenvalue weighted by Gasteiger charge is 2.49. The molecule has 1 fully saturated rings. The van der Waals surface area contributed by atoms with Crippen LogP contribution in [0.1, 0.15) is 31.7 Å². The molecule has 2 atom stereocenters. The molecule has 12 heavy (non-hydrogen) atoms. The van der Waals surface area contributed by atoms with Crippen molar-refractivity contribution < 1.29 is 0 Å².